The van der Waals surface area contributed by atoms with Gasteiger partial charge in [-0.05, 0) is 83.0 Å². The Balaban J connectivity index is 1.88. The average Bonchev–Trinajstić information content (AvgIpc) is 2.91. The average molecular weight is 663 g/mol. The lowest BCUT2D eigenvalue weighted by Crippen LogP contribution is -2.58. The van der Waals surface area contributed by atoms with Gasteiger partial charge in [0.25, 0.3) is 0 Å². The zero-order chi connectivity index (χ0) is 29.1. The van der Waals surface area contributed by atoms with E-state index in [9.17, 15) is 14.4 Å². The van der Waals surface area contributed by atoms with Gasteiger partial charge in [-0.2, -0.15) is 0 Å². The Morgan fingerprint density at radius 2 is 1.75 bits per heavy atom. The van der Waals surface area contributed by atoms with E-state index in [1.165, 1.54) is 0 Å². The number of hydrogen-bond donors (Lipinski definition) is 4. The molecule has 2 aromatic rings. The molecule has 0 aliphatic carbocycles. The lowest BCUT2D eigenvalue weighted by atomic mass is 9.99. The molecule has 1 aliphatic rings. The minimum Gasteiger partial charge on any atom is -0.492 e. The maximum Gasteiger partial charge on any atom is 0.243 e. The second kappa shape index (κ2) is 16.0. The van der Waals surface area contributed by atoms with Crippen molar-refractivity contribution in [1.82, 2.24) is 21.3 Å². The van der Waals surface area contributed by atoms with Crippen molar-refractivity contribution in [3.63, 3.8) is 0 Å². The van der Waals surface area contributed by atoms with E-state index in [0.29, 0.717) is 32.5 Å². The van der Waals surface area contributed by atoms with E-state index >= 15 is 0 Å². The summed E-state index contributed by atoms with van der Waals surface area (Å²) in [6, 6.07) is 13.9. The fourth-order valence-corrected chi connectivity index (χ4v) is 5.43. The molecule has 0 radical (unpaired) electrons. The van der Waals surface area contributed by atoms with Crippen LogP contribution in [0.3, 0.4) is 0 Å². The largest absolute Gasteiger partial charge is 0.492 e. The van der Waals surface area contributed by atoms with Crippen LogP contribution < -0.4 is 26.0 Å². The maximum absolute atomic E-state index is 13.6. The Labute approximate surface area is 251 Å². The van der Waals surface area contributed by atoms with Crippen molar-refractivity contribution >= 4 is 40.3 Å². The van der Waals surface area contributed by atoms with Gasteiger partial charge in [0.15, 0.2) is 0 Å². The molecule has 1 unspecified atom stereocenters. The predicted octanol–water partition coefficient (Wildman–Crippen LogP) is 3.61. The topological polar surface area (TPSA) is 109 Å². The number of nitrogens with one attached hydrogen (secondary N) is 4. The molecular weight excluding hydrogens is 619 g/mol. The zero-order valence-corrected chi connectivity index (χ0v) is 26.1. The normalized spacial score (nSPS) is 23.6. The van der Waals surface area contributed by atoms with Crippen LogP contribution in [0.1, 0.15) is 51.7 Å². The summed E-state index contributed by atoms with van der Waals surface area (Å²) >= 11 is 2.26. The first-order valence-electron chi connectivity index (χ1n) is 14.2. The quantitative estimate of drug-likeness (QED) is 0.366. The molecule has 9 heteroatoms. The summed E-state index contributed by atoms with van der Waals surface area (Å²) in [6.45, 7) is 9.16. The molecule has 2 aromatic carbocycles. The third-order valence-electron chi connectivity index (χ3n) is 7.02. The second-order valence-corrected chi connectivity index (χ2v) is 12.2. The third kappa shape index (κ3) is 9.76. The van der Waals surface area contributed by atoms with Crippen LogP contribution in [0.15, 0.2) is 48.5 Å². The van der Waals surface area contributed by atoms with Crippen molar-refractivity contribution in [2.24, 2.45) is 11.8 Å². The van der Waals surface area contributed by atoms with Gasteiger partial charge in [0.05, 0.1) is 6.04 Å². The molecule has 4 atom stereocenters. The zero-order valence-electron chi connectivity index (χ0n) is 24.0. The van der Waals surface area contributed by atoms with Crippen molar-refractivity contribution in [3.05, 3.63) is 63.2 Å². The number of fused-ring (bicyclic) bond motifs is 1. The Kier molecular flexibility index (Phi) is 12.7. The predicted molar refractivity (Wildman–Crippen MR) is 166 cm³/mol. The number of benzene rings is 2. The standard InChI is InChI=1S/C31H43IN4O4/c1-5-9-25-29(37)34-19-21(4)16-23-11-6-7-13-27(23)40-15-14-33-26(18-22-10-8-12-24(32)17-22)30(38)36-28(20(2)3)31(39)35-25/h6-8,10-13,17,20-21,25-26,28,33H,5,9,14-16,18-19H2,1-4H3,(H,34,37)(H,35,39)(H,36,38)/t21?,25-,26+,28+/m0/s1. The van der Waals surface area contributed by atoms with Gasteiger partial charge in [0, 0.05) is 16.7 Å². The Bertz CT molecular complexity index is 1140. The minimum absolute atomic E-state index is 0.168. The van der Waals surface area contributed by atoms with Crippen molar-refractivity contribution in [2.75, 3.05) is 19.7 Å². The van der Waals surface area contributed by atoms with Crippen LogP contribution in [-0.4, -0.2) is 55.5 Å². The van der Waals surface area contributed by atoms with Crippen LogP contribution >= 0.6 is 22.6 Å². The SMILES string of the molecule is CCC[C@@H]1NC(=O)[C@@H](C(C)C)NC(=O)[C@@H](Cc2cccc(I)c2)NCCOc2ccccc2CC(C)CNC1=O. The molecule has 8 nitrogen and oxygen atoms in total. The van der Waals surface area contributed by atoms with Crippen LogP contribution in [0.2, 0.25) is 0 Å². The fourth-order valence-electron chi connectivity index (χ4n) is 4.82. The van der Waals surface area contributed by atoms with Crippen LogP contribution in [0, 0.1) is 15.4 Å². The summed E-state index contributed by atoms with van der Waals surface area (Å²) in [7, 11) is 0. The molecule has 0 aromatic heterocycles. The highest BCUT2D eigenvalue weighted by atomic mass is 127. The molecule has 40 heavy (non-hydrogen) atoms. The molecule has 1 aliphatic heterocycles. The van der Waals surface area contributed by atoms with Gasteiger partial charge < -0.3 is 26.0 Å². The van der Waals surface area contributed by atoms with E-state index in [2.05, 4.69) is 56.8 Å². The number of hydrogen-bond acceptors (Lipinski definition) is 5. The van der Waals surface area contributed by atoms with E-state index in [1.807, 2.05) is 63.2 Å². The molecule has 0 fully saturated rings. The van der Waals surface area contributed by atoms with E-state index in [-0.39, 0.29) is 29.6 Å². The van der Waals surface area contributed by atoms with Gasteiger partial charge in [0.1, 0.15) is 24.4 Å². The summed E-state index contributed by atoms with van der Waals surface area (Å²) in [4.78, 5) is 40.1. The van der Waals surface area contributed by atoms with E-state index < -0.39 is 18.1 Å². The van der Waals surface area contributed by atoms with Crippen molar-refractivity contribution in [2.45, 2.75) is 71.5 Å². The number of carbonyl (C=O) groups is 3. The highest BCUT2D eigenvalue weighted by molar-refractivity contribution is 14.1. The molecule has 0 saturated carbocycles. The summed E-state index contributed by atoms with van der Waals surface area (Å²) in [6.07, 6.45) is 2.45. The van der Waals surface area contributed by atoms with Crippen molar-refractivity contribution in [3.8, 4) is 5.75 Å². The smallest absolute Gasteiger partial charge is 0.243 e. The maximum atomic E-state index is 13.6. The minimum atomic E-state index is -0.777. The molecule has 1 heterocycles. The molecule has 218 valence electrons. The summed E-state index contributed by atoms with van der Waals surface area (Å²) in [5, 5.41) is 12.3. The number of halogens is 1. The van der Waals surface area contributed by atoms with Gasteiger partial charge in [-0.15, -0.1) is 0 Å². The van der Waals surface area contributed by atoms with E-state index in [1.54, 1.807) is 0 Å². The lowest BCUT2D eigenvalue weighted by molar-refractivity contribution is -0.133. The fraction of sp³-hybridized carbons (Fsp3) is 0.516. The lowest BCUT2D eigenvalue weighted by Gasteiger charge is -2.28. The molecule has 0 spiro atoms. The molecule has 0 bridgehead atoms. The Hall–Kier alpha value is -2.66. The van der Waals surface area contributed by atoms with Gasteiger partial charge >= 0.3 is 0 Å². The van der Waals surface area contributed by atoms with E-state index in [0.717, 1.165) is 33.3 Å². The number of carbonyl (C=O) groups excluding carboxylic acids is 3. The Morgan fingerprint density at radius 3 is 2.48 bits per heavy atom. The first-order chi connectivity index (χ1) is 19.2. The number of ether oxygens (including phenoxy) is 1. The Morgan fingerprint density at radius 1 is 0.975 bits per heavy atom. The number of rotatable bonds is 5. The van der Waals surface area contributed by atoms with Gasteiger partial charge in [-0.3, -0.25) is 14.4 Å². The molecule has 3 amide bonds. The van der Waals surface area contributed by atoms with E-state index in [4.69, 9.17) is 4.74 Å². The first-order valence-corrected chi connectivity index (χ1v) is 15.3. The van der Waals surface area contributed by atoms with Crippen molar-refractivity contribution < 1.29 is 19.1 Å². The highest BCUT2D eigenvalue weighted by Gasteiger charge is 2.31. The summed E-state index contributed by atoms with van der Waals surface area (Å²) in [5.74, 6) is -0.0172. The highest BCUT2D eigenvalue weighted by Crippen LogP contribution is 2.21. The molecule has 0 saturated heterocycles. The summed E-state index contributed by atoms with van der Waals surface area (Å²) in [5.41, 5.74) is 2.09. The first kappa shape index (κ1) is 31.9. The molecule has 3 rings (SSSR count). The van der Waals surface area contributed by atoms with Gasteiger partial charge in [-0.25, -0.2) is 0 Å². The molecular formula is C31H43IN4O4. The van der Waals surface area contributed by atoms with Gasteiger partial charge in [0.2, 0.25) is 17.7 Å². The molecule has 4 N–H and O–H groups in total. The monoisotopic (exact) mass is 662 g/mol. The van der Waals surface area contributed by atoms with Crippen LogP contribution in [0.5, 0.6) is 5.75 Å². The number of para-hydroxylation sites is 1. The number of amides is 3. The van der Waals surface area contributed by atoms with Crippen LogP contribution in [0.4, 0.5) is 0 Å². The third-order valence-corrected chi connectivity index (χ3v) is 7.69. The summed E-state index contributed by atoms with van der Waals surface area (Å²) < 4.78 is 7.22. The van der Waals surface area contributed by atoms with Crippen LogP contribution in [0.25, 0.3) is 0 Å². The van der Waals surface area contributed by atoms with Crippen molar-refractivity contribution in [1.29, 1.82) is 0 Å². The van der Waals surface area contributed by atoms with Gasteiger partial charge in [-0.1, -0.05) is 64.4 Å². The van der Waals surface area contributed by atoms with Crippen LogP contribution in [-0.2, 0) is 27.2 Å². The second-order valence-electron chi connectivity index (χ2n) is 10.9.